The van der Waals surface area contributed by atoms with E-state index in [0.717, 1.165) is 20.9 Å². The second-order valence-corrected chi connectivity index (χ2v) is 7.78. The molecule has 1 atom stereocenters. The molecule has 0 spiro atoms. The molecule has 5 nitrogen and oxygen atoms in total. The number of carbonyl (C=O) groups excluding carboxylic acids is 1. The molecule has 0 fully saturated rings. The molecule has 0 radical (unpaired) electrons. The molecule has 25 heavy (non-hydrogen) atoms. The van der Waals surface area contributed by atoms with E-state index in [-0.39, 0.29) is 5.91 Å². The number of aromatic nitrogens is 2. The van der Waals surface area contributed by atoms with Crippen LogP contribution in [0.1, 0.15) is 20.3 Å². The Morgan fingerprint density at radius 2 is 2.00 bits per heavy atom. The van der Waals surface area contributed by atoms with Crippen molar-refractivity contribution in [2.24, 2.45) is 0 Å². The fourth-order valence-corrected chi connectivity index (χ4v) is 4.05. The number of hydrogen-bond donors (Lipinski definition) is 1. The first-order chi connectivity index (χ1) is 12.2. The Bertz CT molecular complexity index is 861. The Balaban J connectivity index is 1.73. The summed E-state index contributed by atoms with van der Waals surface area (Å²) in [7, 11) is 0. The van der Waals surface area contributed by atoms with Crippen LogP contribution in [0.2, 0.25) is 0 Å². The summed E-state index contributed by atoms with van der Waals surface area (Å²) < 4.78 is 6.85. The zero-order chi connectivity index (χ0) is 17.6. The number of amides is 1. The van der Waals surface area contributed by atoms with Gasteiger partial charge in [-0.3, -0.25) is 10.1 Å². The molecule has 0 aliphatic carbocycles. The molecule has 1 amide bonds. The first-order valence-corrected chi connectivity index (χ1v) is 9.93. The third kappa shape index (κ3) is 4.29. The fourth-order valence-electron chi connectivity index (χ4n) is 2.40. The molecule has 130 valence electrons. The van der Waals surface area contributed by atoms with Gasteiger partial charge in [-0.05, 0) is 23.6 Å². The van der Waals surface area contributed by atoms with Gasteiger partial charge in [-0.15, -0.1) is 10.2 Å². The van der Waals surface area contributed by atoms with E-state index in [1.807, 2.05) is 49.4 Å². The molecular weight excluding hydrogens is 354 g/mol. The lowest BCUT2D eigenvalue weighted by Crippen LogP contribution is -2.32. The van der Waals surface area contributed by atoms with E-state index in [1.165, 1.54) is 11.3 Å². The monoisotopic (exact) mass is 373 g/mol. The second kappa shape index (κ2) is 8.31. The van der Waals surface area contributed by atoms with Gasteiger partial charge in [0.15, 0.2) is 10.4 Å². The highest BCUT2D eigenvalue weighted by molar-refractivity contribution is 8.01. The minimum Gasteiger partial charge on any atom is -0.480 e. The summed E-state index contributed by atoms with van der Waals surface area (Å²) in [5.74, 6) is 1.42. The predicted octanol–water partition coefficient (Wildman–Crippen LogP) is 4.60. The number of nitrogens with one attached hydrogen (secondary N) is 1. The van der Waals surface area contributed by atoms with Crippen molar-refractivity contribution in [1.82, 2.24) is 10.2 Å². The van der Waals surface area contributed by atoms with E-state index in [2.05, 4.69) is 22.4 Å². The van der Waals surface area contributed by atoms with Crippen molar-refractivity contribution in [3.63, 3.8) is 0 Å². The van der Waals surface area contributed by atoms with Crippen LogP contribution >= 0.6 is 23.1 Å². The second-order valence-electron chi connectivity index (χ2n) is 5.29. The van der Waals surface area contributed by atoms with Crippen molar-refractivity contribution >= 4 is 44.9 Å². The van der Waals surface area contributed by atoms with E-state index < -0.39 is 6.10 Å². The molecule has 0 bridgehead atoms. The molecule has 0 aliphatic rings. The largest absolute Gasteiger partial charge is 0.480 e. The lowest BCUT2D eigenvalue weighted by Gasteiger charge is -2.17. The van der Waals surface area contributed by atoms with Crippen LogP contribution < -0.4 is 10.1 Å². The van der Waals surface area contributed by atoms with E-state index in [4.69, 9.17) is 4.74 Å². The first kappa shape index (κ1) is 17.7. The highest BCUT2D eigenvalue weighted by atomic mass is 32.2. The number of ether oxygens (including phenoxy) is 1. The van der Waals surface area contributed by atoms with Gasteiger partial charge < -0.3 is 4.74 Å². The number of hydrogen-bond acceptors (Lipinski definition) is 6. The van der Waals surface area contributed by atoms with Gasteiger partial charge in [0, 0.05) is 5.39 Å². The van der Waals surface area contributed by atoms with Crippen LogP contribution in [0.5, 0.6) is 5.75 Å². The van der Waals surface area contributed by atoms with E-state index in [9.17, 15) is 4.79 Å². The van der Waals surface area contributed by atoms with Crippen molar-refractivity contribution in [3.8, 4) is 5.75 Å². The van der Waals surface area contributed by atoms with Gasteiger partial charge in [0.25, 0.3) is 5.91 Å². The fraction of sp³-hybridized carbons (Fsp3) is 0.278. The maximum absolute atomic E-state index is 12.5. The minimum absolute atomic E-state index is 0.209. The van der Waals surface area contributed by atoms with E-state index in [1.54, 1.807) is 11.8 Å². The van der Waals surface area contributed by atoms with Gasteiger partial charge in [0.2, 0.25) is 5.13 Å². The van der Waals surface area contributed by atoms with Crippen LogP contribution in [-0.2, 0) is 4.79 Å². The van der Waals surface area contributed by atoms with Gasteiger partial charge in [-0.25, -0.2) is 0 Å². The normalized spacial score (nSPS) is 12.1. The van der Waals surface area contributed by atoms with Gasteiger partial charge in [-0.1, -0.05) is 73.3 Å². The average Bonchev–Trinajstić information content (AvgIpc) is 3.07. The summed E-state index contributed by atoms with van der Waals surface area (Å²) in [4.78, 5) is 12.5. The topological polar surface area (TPSA) is 64.1 Å². The molecule has 0 saturated heterocycles. The number of fused-ring (bicyclic) bond motifs is 1. The molecule has 1 aromatic heterocycles. The Morgan fingerprint density at radius 3 is 2.80 bits per heavy atom. The SMILES string of the molecule is CCSc1nnc(NC(=O)[C@@H](CC)Oc2cccc3ccccc23)s1. The summed E-state index contributed by atoms with van der Waals surface area (Å²) in [6, 6.07) is 13.8. The Morgan fingerprint density at radius 1 is 1.20 bits per heavy atom. The molecular formula is C18H19N3O2S2. The smallest absolute Gasteiger partial charge is 0.267 e. The van der Waals surface area contributed by atoms with Crippen molar-refractivity contribution in [2.75, 3.05) is 11.1 Å². The van der Waals surface area contributed by atoms with Gasteiger partial charge in [0.1, 0.15) is 5.75 Å². The zero-order valence-corrected chi connectivity index (χ0v) is 15.7. The standard InChI is InChI=1S/C18H19N3O2S2/c1-3-14(16(22)19-17-20-21-18(25-17)24-4-2)23-15-11-7-9-12-8-5-6-10-13(12)15/h5-11,14H,3-4H2,1-2H3,(H,19,20,22)/t14-/m1/s1. The average molecular weight is 374 g/mol. The third-order valence-corrected chi connectivity index (χ3v) is 5.44. The van der Waals surface area contributed by atoms with Crippen LogP contribution in [0, 0.1) is 0 Å². The number of benzene rings is 2. The zero-order valence-electron chi connectivity index (χ0n) is 14.1. The third-order valence-electron chi connectivity index (χ3n) is 3.59. The van der Waals surface area contributed by atoms with Crippen LogP contribution in [-0.4, -0.2) is 28.0 Å². The van der Waals surface area contributed by atoms with E-state index in [0.29, 0.717) is 17.3 Å². The Hall–Kier alpha value is -2.12. The molecule has 2 aromatic carbocycles. The Labute approximate surface area is 154 Å². The first-order valence-electron chi connectivity index (χ1n) is 8.12. The summed E-state index contributed by atoms with van der Waals surface area (Å²) in [5, 5.41) is 13.4. The van der Waals surface area contributed by atoms with Gasteiger partial charge in [-0.2, -0.15) is 0 Å². The van der Waals surface area contributed by atoms with Crippen LogP contribution in [0.15, 0.2) is 46.8 Å². The van der Waals surface area contributed by atoms with Crippen molar-refractivity contribution in [1.29, 1.82) is 0 Å². The Kier molecular flexibility index (Phi) is 5.88. The number of rotatable bonds is 7. The molecule has 7 heteroatoms. The maximum atomic E-state index is 12.5. The quantitative estimate of drug-likeness (QED) is 0.484. The summed E-state index contributed by atoms with van der Waals surface area (Å²) in [6.45, 7) is 3.98. The van der Waals surface area contributed by atoms with Crippen molar-refractivity contribution < 1.29 is 9.53 Å². The van der Waals surface area contributed by atoms with Gasteiger partial charge >= 0.3 is 0 Å². The minimum atomic E-state index is -0.586. The molecule has 0 saturated carbocycles. The van der Waals surface area contributed by atoms with Crippen molar-refractivity contribution in [2.45, 2.75) is 30.7 Å². The summed E-state index contributed by atoms with van der Waals surface area (Å²) >= 11 is 2.98. The highest BCUT2D eigenvalue weighted by Crippen LogP contribution is 2.28. The number of anilines is 1. The summed E-state index contributed by atoms with van der Waals surface area (Å²) in [5.41, 5.74) is 0. The van der Waals surface area contributed by atoms with Crippen LogP contribution in [0.3, 0.4) is 0 Å². The maximum Gasteiger partial charge on any atom is 0.267 e. The highest BCUT2D eigenvalue weighted by Gasteiger charge is 2.21. The molecule has 0 unspecified atom stereocenters. The predicted molar refractivity (Wildman–Crippen MR) is 104 cm³/mol. The number of carbonyl (C=O) groups is 1. The van der Waals surface area contributed by atoms with Crippen LogP contribution in [0.25, 0.3) is 10.8 Å². The molecule has 3 aromatic rings. The lowest BCUT2D eigenvalue weighted by atomic mass is 10.1. The number of nitrogens with zero attached hydrogens (tertiary/aromatic N) is 2. The van der Waals surface area contributed by atoms with Crippen molar-refractivity contribution in [3.05, 3.63) is 42.5 Å². The molecule has 1 heterocycles. The molecule has 0 aliphatic heterocycles. The van der Waals surface area contributed by atoms with Gasteiger partial charge in [0.05, 0.1) is 0 Å². The summed E-state index contributed by atoms with van der Waals surface area (Å²) in [6.07, 6.45) is -0.0262. The molecule has 3 rings (SSSR count). The van der Waals surface area contributed by atoms with E-state index >= 15 is 0 Å². The molecule has 1 N–H and O–H groups in total. The van der Waals surface area contributed by atoms with Crippen LogP contribution in [0.4, 0.5) is 5.13 Å². The number of thioether (sulfide) groups is 1. The lowest BCUT2D eigenvalue weighted by molar-refractivity contribution is -0.122.